The number of ether oxygens (including phenoxy) is 1. The molecule has 3 aromatic rings. The molecule has 216 valence electrons. The van der Waals surface area contributed by atoms with E-state index in [-0.39, 0.29) is 30.2 Å². The van der Waals surface area contributed by atoms with Crippen LogP contribution in [0.4, 0.5) is 0 Å². The predicted molar refractivity (Wildman–Crippen MR) is 160 cm³/mol. The smallest absolute Gasteiger partial charge is 0.322 e. The molecule has 7 heteroatoms. The zero-order valence-electron chi connectivity index (χ0n) is 24.2. The van der Waals surface area contributed by atoms with Crippen molar-refractivity contribution in [2.24, 2.45) is 11.8 Å². The van der Waals surface area contributed by atoms with Crippen LogP contribution < -0.4 is 15.4 Å². The molecule has 3 N–H and O–H groups in total. The van der Waals surface area contributed by atoms with Gasteiger partial charge in [0.2, 0.25) is 5.91 Å². The molecule has 0 spiro atoms. The van der Waals surface area contributed by atoms with Crippen molar-refractivity contribution in [2.75, 3.05) is 33.3 Å². The van der Waals surface area contributed by atoms with Crippen molar-refractivity contribution in [1.29, 1.82) is 0 Å². The summed E-state index contributed by atoms with van der Waals surface area (Å²) in [6.07, 6.45) is 0.845. The number of carboxylic acid groups (broad SMARTS) is 1. The van der Waals surface area contributed by atoms with Gasteiger partial charge in [-0.1, -0.05) is 86.6 Å². The van der Waals surface area contributed by atoms with Gasteiger partial charge in [-0.25, -0.2) is 0 Å². The molecule has 41 heavy (non-hydrogen) atoms. The number of rotatable bonds is 11. The lowest BCUT2D eigenvalue weighted by Gasteiger charge is -2.59. The maximum Gasteiger partial charge on any atom is 0.322 e. The summed E-state index contributed by atoms with van der Waals surface area (Å²) in [4.78, 5) is 27.2. The van der Waals surface area contributed by atoms with Gasteiger partial charge in [0.25, 0.3) is 0 Å². The molecule has 3 fully saturated rings. The van der Waals surface area contributed by atoms with Gasteiger partial charge >= 0.3 is 5.97 Å². The van der Waals surface area contributed by atoms with Gasteiger partial charge in [0.15, 0.2) is 0 Å². The second-order valence-corrected chi connectivity index (χ2v) is 11.7. The summed E-state index contributed by atoms with van der Waals surface area (Å²) in [5.74, 6) is -0.375. The lowest BCUT2D eigenvalue weighted by atomic mass is 9.58. The number of carboxylic acids is 1. The van der Waals surface area contributed by atoms with E-state index in [0.717, 1.165) is 30.8 Å². The molecule has 6 rings (SSSR count). The first-order valence-corrected chi connectivity index (χ1v) is 14.6. The predicted octanol–water partition coefficient (Wildman–Crippen LogP) is 4.63. The Labute approximate surface area is 242 Å². The zero-order chi connectivity index (χ0) is 29.0. The van der Waals surface area contributed by atoms with Crippen molar-refractivity contribution >= 4 is 11.9 Å². The van der Waals surface area contributed by atoms with E-state index in [1.54, 1.807) is 7.11 Å². The van der Waals surface area contributed by atoms with E-state index in [1.807, 2.05) is 18.2 Å². The van der Waals surface area contributed by atoms with E-state index in [9.17, 15) is 14.7 Å². The van der Waals surface area contributed by atoms with Crippen LogP contribution in [0.5, 0.6) is 5.75 Å². The number of nitrogens with one attached hydrogen (secondary N) is 2. The van der Waals surface area contributed by atoms with Crippen LogP contribution in [0.25, 0.3) is 0 Å². The van der Waals surface area contributed by atoms with Crippen molar-refractivity contribution in [1.82, 2.24) is 15.5 Å². The van der Waals surface area contributed by atoms with Crippen LogP contribution in [-0.2, 0) is 16.1 Å². The number of fused-ring (bicyclic) bond motifs is 3. The van der Waals surface area contributed by atoms with E-state index in [0.29, 0.717) is 19.0 Å². The number of hydrogen-bond acceptors (Lipinski definition) is 5. The summed E-state index contributed by atoms with van der Waals surface area (Å²) in [6.45, 7) is 6.91. The van der Waals surface area contributed by atoms with Crippen LogP contribution >= 0.6 is 0 Å². The minimum Gasteiger partial charge on any atom is -0.496 e. The van der Waals surface area contributed by atoms with Crippen molar-refractivity contribution in [2.45, 2.75) is 44.2 Å². The zero-order valence-corrected chi connectivity index (χ0v) is 24.2. The molecule has 0 aliphatic carbocycles. The Kier molecular flexibility index (Phi) is 8.76. The van der Waals surface area contributed by atoms with Crippen LogP contribution in [0.15, 0.2) is 78.9 Å². The van der Waals surface area contributed by atoms with Crippen LogP contribution in [0.2, 0.25) is 0 Å². The summed E-state index contributed by atoms with van der Waals surface area (Å²) in [7, 11) is 1.71. The molecule has 2 bridgehead atoms. The molecule has 0 aromatic heterocycles. The summed E-state index contributed by atoms with van der Waals surface area (Å²) in [5, 5.41) is 16.0. The maximum atomic E-state index is 13.5. The summed E-state index contributed by atoms with van der Waals surface area (Å²) in [5.41, 5.74) is 4.21. The minimum atomic E-state index is -1.03. The van der Waals surface area contributed by atoms with Crippen LogP contribution in [-0.4, -0.2) is 60.7 Å². The molecule has 3 saturated heterocycles. The average Bonchev–Trinajstić information content (AvgIpc) is 3.00. The lowest BCUT2D eigenvalue weighted by Crippen LogP contribution is -2.72. The van der Waals surface area contributed by atoms with Crippen molar-refractivity contribution < 1.29 is 19.4 Å². The van der Waals surface area contributed by atoms with E-state index in [2.05, 4.69) is 90.0 Å². The second-order valence-electron chi connectivity index (χ2n) is 11.7. The van der Waals surface area contributed by atoms with Gasteiger partial charge in [-0.3, -0.25) is 9.59 Å². The van der Waals surface area contributed by atoms with Gasteiger partial charge in [0.1, 0.15) is 12.3 Å². The average molecular weight is 556 g/mol. The Hall–Kier alpha value is -3.68. The largest absolute Gasteiger partial charge is 0.496 e. The quantitative estimate of drug-likeness (QED) is 0.320. The van der Waals surface area contributed by atoms with Gasteiger partial charge in [0, 0.05) is 36.7 Å². The van der Waals surface area contributed by atoms with Crippen molar-refractivity contribution in [3.05, 3.63) is 101 Å². The Balaban J connectivity index is 1.62. The number of piperidine rings is 3. The van der Waals surface area contributed by atoms with Crippen LogP contribution in [0, 0.1) is 11.8 Å². The Bertz CT molecular complexity index is 1310. The first kappa shape index (κ1) is 28.8. The van der Waals surface area contributed by atoms with E-state index >= 15 is 0 Å². The fourth-order valence-electron chi connectivity index (χ4n) is 7.05. The highest BCUT2D eigenvalue weighted by molar-refractivity contribution is 5.83. The number of methoxy groups -OCH3 is 1. The third kappa shape index (κ3) is 6.02. The SMILES string of the molecule is COc1ccc(C(C)C)cc1CN[C@@]1(C(c2ccccc2)c2ccccc2)CN2CC[C@H]1[C@@H](C(=O)NCC(=O)O)C2. The third-order valence-electron chi connectivity index (χ3n) is 8.95. The molecule has 7 nitrogen and oxygen atoms in total. The molecule has 3 heterocycles. The minimum absolute atomic E-state index is 0.00835. The standard InChI is InChI=1S/C34H41N3O4/c1-23(2)26-14-15-30(41-3)27(18-26)19-36-34(32(24-10-6-4-7-11-24)25-12-8-5-9-13-25)22-37-17-16-29(34)28(21-37)33(40)35-20-31(38)39/h4-15,18,23,28-29,32,36H,16-17,19-22H2,1-3H3,(H,35,40)(H,38,39)/t28-,29-,34-/m0/s1. The van der Waals surface area contributed by atoms with Crippen LogP contribution in [0.1, 0.15) is 54.4 Å². The molecule has 3 aliphatic rings. The number of aliphatic carboxylic acids is 1. The Morgan fingerprint density at radius 1 is 1.00 bits per heavy atom. The lowest BCUT2D eigenvalue weighted by molar-refractivity contribution is -0.142. The molecule has 1 unspecified atom stereocenters. The number of nitrogens with zero attached hydrogens (tertiary/aromatic N) is 1. The highest BCUT2D eigenvalue weighted by Gasteiger charge is 2.57. The molecular weight excluding hydrogens is 514 g/mol. The summed E-state index contributed by atoms with van der Waals surface area (Å²) < 4.78 is 5.79. The van der Waals surface area contributed by atoms with Gasteiger partial charge in [-0.2, -0.15) is 0 Å². The summed E-state index contributed by atoms with van der Waals surface area (Å²) in [6, 6.07) is 27.5. The van der Waals surface area contributed by atoms with Crippen molar-refractivity contribution in [3.8, 4) is 5.75 Å². The fourth-order valence-corrected chi connectivity index (χ4v) is 7.05. The molecule has 3 aliphatic heterocycles. The van der Waals surface area contributed by atoms with E-state index in [1.165, 1.54) is 16.7 Å². The van der Waals surface area contributed by atoms with Gasteiger partial charge in [-0.15, -0.1) is 0 Å². The molecule has 1 amide bonds. The monoisotopic (exact) mass is 555 g/mol. The first-order valence-electron chi connectivity index (χ1n) is 14.6. The molecule has 4 atom stereocenters. The van der Waals surface area contributed by atoms with Gasteiger partial charge < -0.3 is 25.4 Å². The van der Waals surface area contributed by atoms with Gasteiger partial charge in [0.05, 0.1) is 13.0 Å². The normalized spacial score (nSPS) is 23.5. The Morgan fingerprint density at radius 2 is 1.66 bits per heavy atom. The van der Waals surface area contributed by atoms with Crippen LogP contribution in [0.3, 0.4) is 0 Å². The third-order valence-corrected chi connectivity index (χ3v) is 8.95. The highest BCUT2D eigenvalue weighted by Crippen LogP contribution is 2.49. The number of amides is 1. The maximum absolute atomic E-state index is 13.5. The van der Waals surface area contributed by atoms with Crippen molar-refractivity contribution in [3.63, 3.8) is 0 Å². The first-order chi connectivity index (χ1) is 19.8. The number of benzene rings is 3. The number of carbonyl (C=O) groups excluding carboxylic acids is 1. The fraction of sp³-hybridized carbons (Fsp3) is 0.412. The Morgan fingerprint density at radius 3 is 2.22 bits per heavy atom. The van der Waals surface area contributed by atoms with Gasteiger partial charge in [-0.05, 0) is 47.6 Å². The van der Waals surface area contributed by atoms with E-state index in [4.69, 9.17) is 4.74 Å². The molecule has 0 radical (unpaired) electrons. The molecule has 0 saturated carbocycles. The molecular formula is C34H41N3O4. The number of hydrogen-bond donors (Lipinski definition) is 3. The molecule has 3 aromatic carbocycles. The highest BCUT2D eigenvalue weighted by atomic mass is 16.5. The van der Waals surface area contributed by atoms with E-state index < -0.39 is 11.5 Å². The summed E-state index contributed by atoms with van der Waals surface area (Å²) >= 11 is 0. The second kappa shape index (κ2) is 12.5. The topological polar surface area (TPSA) is 90.9 Å². The number of carbonyl (C=O) groups is 2.